The van der Waals surface area contributed by atoms with Crippen molar-refractivity contribution in [3.05, 3.63) is 0 Å². The second-order valence-corrected chi connectivity index (χ2v) is 9.74. The first-order chi connectivity index (χ1) is 12.4. The molecule has 0 spiro atoms. The summed E-state index contributed by atoms with van der Waals surface area (Å²) < 4.78 is 4.56. The van der Waals surface area contributed by atoms with Crippen LogP contribution in [-0.4, -0.2) is 47.7 Å². The van der Waals surface area contributed by atoms with E-state index < -0.39 is 9.05 Å². The Balaban J connectivity index is 3.61. The molecular formula is C18H37Cl3O4Si. The fourth-order valence-corrected chi connectivity index (χ4v) is 5.02. The van der Waals surface area contributed by atoms with Crippen LogP contribution in [0.2, 0.25) is 0 Å². The highest BCUT2D eigenvalue weighted by atomic mass is 35.5. The Kier molecular flexibility index (Phi) is 17.4. The molecule has 4 nitrogen and oxygen atoms in total. The van der Waals surface area contributed by atoms with Gasteiger partial charge in [-0.05, 0) is 37.5 Å². The van der Waals surface area contributed by atoms with Crippen LogP contribution in [0.4, 0.5) is 0 Å². The van der Waals surface area contributed by atoms with E-state index in [1.165, 1.54) is 44.9 Å². The minimum Gasteiger partial charge on any atom is -0.368 e. The van der Waals surface area contributed by atoms with Gasteiger partial charge in [-0.2, -0.15) is 0 Å². The topological polar surface area (TPSA) is 69.9 Å². The van der Waals surface area contributed by atoms with Crippen molar-refractivity contribution >= 4 is 43.9 Å². The summed E-state index contributed by atoms with van der Waals surface area (Å²) >= 11 is 18.0. The van der Waals surface area contributed by atoms with Gasteiger partial charge in [-0.3, -0.25) is 0 Å². The van der Waals surface area contributed by atoms with Crippen molar-refractivity contribution in [3.8, 4) is 0 Å². The smallest absolute Gasteiger partial charge is 0.368 e. The Morgan fingerprint density at radius 3 is 1.35 bits per heavy atom. The highest BCUT2D eigenvalue weighted by Crippen LogP contribution is 2.38. The lowest BCUT2D eigenvalue weighted by Gasteiger charge is -2.32. The summed E-state index contributed by atoms with van der Waals surface area (Å²) in [5, 5.41) is 0. The van der Waals surface area contributed by atoms with Crippen molar-refractivity contribution in [2.24, 2.45) is 5.41 Å². The van der Waals surface area contributed by atoms with Crippen LogP contribution in [0.25, 0.3) is 0 Å². The highest BCUT2D eigenvalue weighted by Gasteiger charge is 2.30. The van der Waals surface area contributed by atoms with Crippen LogP contribution in [0.15, 0.2) is 0 Å². The summed E-state index contributed by atoms with van der Waals surface area (Å²) in [7, 11) is -4.30. The SMILES string of the molecule is O[Si](O)(O)OCCCCCCCCCCCC(CCCl)(CCCl)CCCl. The molecule has 0 heterocycles. The van der Waals surface area contributed by atoms with Crippen LogP contribution in [0, 0.1) is 5.41 Å². The summed E-state index contributed by atoms with van der Waals surface area (Å²) in [5.74, 6) is 2.03. The van der Waals surface area contributed by atoms with E-state index in [9.17, 15) is 0 Å². The zero-order valence-electron chi connectivity index (χ0n) is 15.9. The molecular weight excluding hydrogens is 415 g/mol. The number of hydrogen-bond donors (Lipinski definition) is 3. The first-order valence-corrected chi connectivity index (χ1v) is 13.2. The Morgan fingerprint density at radius 1 is 0.577 bits per heavy atom. The molecule has 3 N–H and O–H groups in total. The molecule has 0 amide bonds. The minimum atomic E-state index is -4.30. The summed E-state index contributed by atoms with van der Waals surface area (Å²) in [6, 6.07) is 0. The molecule has 0 fully saturated rings. The maximum atomic E-state index is 8.71. The zero-order chi connectivity index (χ0) is 19.7. The predicted molar refractivity (Wildman–Crippen MR) is 113 cm³/mol. The number of unbranched alkanes of at least 4 members (excludes halogenated alkanes) is 8. The maximum absolute atomic E-state index is 8.71. The summed E-state index contributed by atoms with van der Waals surface area (Å²) in [5.41, 5.74) is 0.228. The van der Waals surface area contributed by atoms with Gasteiger partial charge in [0.05, 0.1) is 0 Å². The van der Waals surface area contributed by atoms with Gasteiger partial charge in [0.25, 0.3) is 0 Å². The third-order valence-electron chi connectivity index (χ3n) is 5.02. The minimum absolute atomic E-state index is 0.213. The average molecular weight is 452 g/mol. The van der Waals surface area contributed by atoms with Gasteiger partial charge >= 0.3 is 9.05 Å². The van der Waals surface area contributed by atoms with Crippen LogP contribution < -0.4 is 0 Å². The fourth-order valence-electron chi connectivity index (χ4n) is 3.40. The predicted octanol–water partition coefficient (Wildman–Crippen LogP) is 5.19. The van der Waals surface area contributed by atoms with Gasteiger partial charge in [0.2, 0.25) is 0 Å². The van der Waals surface area contributed by atoms with Crippen LogP contribution >= 0.6 is 34.8 Å². The molecule has 0 bridgehead atoms. The molecule has 0 aromatic heterocycles. The Bertz CT molecular complexity index is 300. The molecule has 0 radical (unpaired) electrons. The van der Waals surface area contributed by atoms with Gasteiger partial charge in [0.1, 0.15) is 0 Å². The lowest BCUT2D eigenvalue weighted by Crippen LogP contribution is -2.39. The first-order valence-electron chi connectivity index (χ1n) is 9.88. The molecule has 0 unspecified atom stereocenters. The van der Waals surface area contributed by atoms with E-state index in [2.05, 4.69) is 4.43 Å². The summed E-state index contributed by atoms with van der Waals surface area (Å²) in [6.07, 6.45) is 14.4. The average Bonchev–Trinajstić information content (AvgIpc) is 2.55. The van der Waals surface area contributed by atoms with Crippen LogP contribution in [0.3, 0.4) is 0 Å². The van der Waals surface area contributed by atoms with Crippen molar-refractivity contribution < 1.29 is 18.8 Å². The van der Waals surface area contributed by atoms with E-state index in [0.29, 0.717) is 17.6 Å². The molecule has 0 saturated heterocycles. The maximum Gasteiger partial charge on any atom is 0.671 e. The van der Waals surface area contributed by atoms with E-state index in [4.69, 9.17) is 49.2 Å². The van der Waals surface area contributed by atoms with Gasteiger partial charge in [-0.15, -0.1) is 34.8 Å². The number of halogens is 3. The van der Waals surface area contributed by atoms with E-state index >= 15 is 0 Å². The summed E-state index contributed by atoms with van der Waals surface area (Å²) in [6.45, 7) is 0.213. The van der Waals surface area contributed by atoms with E-state index in [1.54, 1.807) is 0 Å². The molecule has 26 heavy (non-hydrogen) atoms. The van der Waals surface area contributed by atoms with Crippen LogP contribution in [0.1, 0.15) is 83.5 Å². The number of rotatable bonds is 19. The van der Waals surface area contributed by atoms with Crippen molar-refractivity contribution in [2.75, 3.05) is 24.2 Å². The van der Waals surface area contributed by atoms with E-state index in [-0.39, 0.29) is 12.0 Å². The molecule has 0 aromatic carbocycles. The van der Waals surface area contributed by atoms with Crippen molar-refractivity contribution in [2.45, 2.75) is 83.5 Å². The summed E-state index contributed by atoms with van der Waals surface area (Å²) in [4.78, 5) is 26.1. The third kappa shape index (κ3) is 15.9. The standard InChI is InChI=1S/C18H37Cl3O4Si/c19-14-11-18(12-15-20,13-16-21)10-8-6-4-2-1-3-5-7-9-17-25-26(22,23)24/h22-24H,1-17H2. The molecule has 0 aliphatic heterocycles. The molecule has 0 saturated carbocycles. The van der Waals surface area contributed by atoms with Crippen molar-refractivity contribution in [1.29, 1.82) is 0 Å². The second kappa shape index (κ2) is 16.8. The first kappa shape index (κ1) is 26.9. The van der Waals surface area contributed by atoms with Crippen LogP contribution in [0.5, 0.6) is 0 Å². The van der Waals surface area contributed by atoms with Gasteiger partial charge in [0, 0.05) is 24.2 Å². The molecule has 8 heteroatoms. The normalized spacial score (nSPS) is 12.7. The zero-order valence-corrected chi connectivity index (χ0v) is 19.2. The van der Waals surface area contributed by atoms with Crippen molar-refractivity contribution in [1.82, 2.24) is 0 Å². The molecule has 0 aliphatic rings. The lowest BCUT2D eigenvalue weighted by atomic mass is 9.75. The third-order valence-corrected chi connectivity index (χ3v) is 6.18. The Labute approximate surface area is 175 Å². The molecule has 158 valence electrons. The highest BCUT2D eigenvalue weighted by molar-refractivity contribution is 6.48. The molecule has 0 rings (SSSR count). The Hall–Kier alpha value is 0.927. The molecule has 0 aliphatic carbocycles. The monoisotopic (exact) mass is 450 g/mol. The largest absolute Gasteiger partial charge is 0.671 e. The quantitative estimate of drug-likeness (QED) is 0.144. The van der Waals surface area contributed by atoms with Gasteiger partial charge in [-0.25, -0.2) is 0 Å². The number of alkyl halides is 3. The van der Waals surface area contributed by atoms with Gasteiger partial charge < -0.3 is 18.8 Å². The molecule has 0 atom stereocenters. The van der Waals surface area contributed by atoms with Gasteiger partial charge in [0.15, 0.2) is 0 Å². The van der Waals surface area contributed by atoms with E-state index in [0.717, 1.165) is 38.5 Å². The van der Waals surface area contributed by atoms with Gasteiger partial charge in [-0.1, -0.05) is 51.4 Å². The fraction of sp³-hybridized carbons (Fsp3) is 1.00. The molecule has 0 aromatic rings. The lowest BCUT2D eigenvalue weighted by molar-refractivity contribution is 0.0618. The number of hydrogen-bond acceptors (Lipinski definition) is 4. The second-order valence-electron chi connectivity index (χ2n) is 7.17. The Morgan fingerprint density at radius 2 is 0.962 bits per heavy atom. The van der Waals surface area contributed by atoms with E-state index in [1.807, 2.05) is 0 Å². The van der Waals surface area contributed by atoms with Crippen molar-refractivity contribution in [3.63, 3.8) is 0 Å². The van der Waals surface area contributed by atoms with Crippen LogP contribution in [-0.2, 0) is 4.43 Å².